The molecule has 4 nitrogen and oxygen atoms in total. The summed E-state index contributed by atoms with van der Waals surface area (Å²) in [7, 11) is 0. The number of ether oxygens (including phenoxy) is 1. The first-order valence-corrected chi connectivity index (χ1v) is 7.08. The maximum atomic E-state index is 12.0. The zero-order chi connectivity index (χ0) is 15.9. The summed E-state index contributed by atoms with van der Waals surface area (Å²) in [5.74, 6) is 4.90. The fraction of sp³-hybridized carbons (Fsp3) is 0.222. The van der Waals surface area contributed by atoms with Crippen LogP contribution in [0.5, 0.6) is 0 Å². The number of hydrogen-bond donors (Lipinski definition) is 1. The second kappa shape index (κ2) is 7.28. The molecule has 0 fully saturated rings. The number of hydrogen-bond acceptors (Lipinski definition) is 3. The Hall–Kier alpha value is -2.80. The van der Waals surface area contributed by atoms with Crippen molar-refractivity contribution in [2.24, 2.45) is 0 Å². The Morgan fingerprint density at radius 3 is 2.55 bits per heavy atom. The van der Waals surface area contributed by atoms with Crippen LogP contribution in [0, 0.1) is 11.8 Å². The Balaban J connectivity index is 2.22. The molecule has 0 bridgehead atoms. The smallest absolute Gasteiger partial charge is 0.314 e. The molecule has 1 N–H and O–H groups in total. The van der Waals surface area contributed by atoms with Gasteiger partial charge in [0.05, 0.1) is 18.1 Å². The van der Waals surface area contributed by atoms with E-state index in [1.54, 1.807) is 26.0 Å². The summed E-state index contributed by atoms with van der Waals surface area (Å²) in [5, 5.41) is 0. The van der Waals surface area contributed by atoms with E-state index in [2.05, 4.69) is 16.8 Å². The maximum absolute atomic E-state index is 12.0. The minimum absolute atomic E-state index is 0.308. The molecule has 1 aromatic heterocycles. The third kappa shape index (κ3) is 3.86. The molecular weight excluding hydrogens is 278 g/mol. The van der Waals surface area contributed by atoms with Crippen LogP contribution in [0.25, 0.3) is 0 Å². The summed E-state index contributed by atoms with van der Waals surface area (Å²) in [6.07, 6.45) is 0. The Labute approximate surface area is 129 Å². The first-order chi connectivity index (χ1) is 10.6. The van der Waals surface area contributed by atoms with Crippen molar-refractivity contribution in [2.75, 3.05) is 6.61 Å². The standard InChI is InChI=1S/C18H17NO3/c1-3-22-18(21)13(2)16-12-11-15(17(20)19-16)10-9-14-7-5-4-6-8-14/h4-8,11-13H,3H2,1-2H3,(H,19,20). The third-order valence-electron chi connectivity index (χ3n) is 3.15. The Morgan fingerprint density at radius 1 is 1.18 bits per heavy atom. The van der Waals surface area contributed by atoms with Crippen molar-refractivity contribution in [1.82, 2.24) is 4.98 Å². The van der Waals surface area contributed by atoms with Crippen molar-refractivity contribution in [3.63, 3.8) is 0 Å². The zero-order valence-corrected chi connectivity index (χ0v) is 12.6. The molecule has 1 heterocycles. The first kappa shape index (κ1) is 15.6. The van der Waals surface area contributed by atoms with E-state index in [9.17, 15) is 9.59 Å². The van der Waals surface area contributed by atoms with E-state index in [0.717, 1.165) is 5.56 Å². The third-order valence-corrected chi connectivity index (χ3v) is 3.15. The van der Waals surface area contributed by atoms with Gasteiger partial charge in [-0.15, -0.1) is 0 Å². The predicted molar refractivity (Wildman–Crippen MR) is 84.5 cm³/mol. The van der Waals surface area contributed by atoms with E-state index in [4.69, 9.17) is 4.74 Å². The molecule has 1 aromatic carbocycles. The van der Waals surface area contributed by atoms with E-state index < -0.39 is 5.92 Å². The molecule has 22 heavy (non-hydrogen) atoms. The van der Waals surface area contributed by atoms with Gasteiger partial charge in [-0.3, -0.25) is 9.59 Å². The van der Waals surface area contributed by atoms with Crippen molar-refractivity contribution in [1.29, 1.82) is 0 Å². The number of carbonyl (C=O) groups excluding carboxylic acids is 1. The van der Waals surface area contributed by atoms with E-state index in [1.165, 1.54) is 0 Å². The highest BCUT2D eigenvalue weighted by Crippen LogP contribution is 2.13. The number of carbonyl (C=O) groups is 1. The van der Waals surface area contributed by atoms with Crippen LogP contribution < -0.4 is 5.56 Å². The summed E-state index contributed by atoms with van der Waals surface area (Å²) in [6.45, 7) is 3.75. The average molecular weight is 295 g/mol. The molecule has 0 aliphatic rings. The molecule has 1 unspecified atom stereocenters. The second-order valence-electron chi connectivity index (χ2n) is 4.75. The number of pyridine rings is 1. The lowest BCUT2D eigenvalue weighted by molar-refractivity contribution is -0.144. The van der Waals surface area contributed by atoms with Crippen molar-refractivity contribution < 1.29 is 9.53 Å². The Bertz CT molecular complexity index is 766. The van der Waals surface area contributed by atoms with Gasteiger partial charge >= 0.3 is 5.97 Å². The molecule has 0 saturated carbocycles. The Kier molecular flexibility index (Phi) is 5.16. The largest absolute Gasteiger partial charge is 0.465 e. The van der Waals surface area contributed by atoms with Crippen LogP contribution >= 0.6 is 0 Å². The molecule has 0 amide bonds. The normalized spacial score (nSPS) is 11.2. The zero-order valence-electron chi connectivity index (χ0n) is 12.6. The molecule has 0 spiro atoms. The van der Waals surface area contributed by atoms with Crippen molar-refractivity contribution in [2.45, 2.75) is 19.8 Å². The summed E-state index contributed by atoms with van der Waals surface area (Å²) in [4.78, 5) is 26.4. The van der Waals surface area contributed by atoms with Gasteiger partial charge in [-0.1, -0.05) is 30.0 Å². The van der Waals surface area contributed by atoms with Gasteiger partial charge in [-0.05, 0) is 38.1 Å². The number of esters is 1. The molecular formula is C18H17NO3. The minimum atomic E-state index is -0.510. The van der Waals surface area contributed by atoms with E-state index in [-0.39, 0.29) is 11.5 Å². The number of nitrogens with one attached hydrogen (secondary N) is 1. The molecule has 2 rings (SSSR count). The molecule has 4 heteroatoms. The lowest BCUT2D eigenvalue weighted by Crippen LogP contribution is -2.19. The van der Waals surface area contributed by atoms with Crippen LogP contribution in [-0.4, -0.2) is 17.6 Å². The number of aromatic amines is 1. The highest BCUT2D eigenvalue weighted by molar-refractivity contribution is 5.77. The molecule has 0 aliphatic carbocycles. The summed E-state index contributed by atoms with van der Waals surface area (Å²) in [5.41, 5.74) is 1.42. The average Bonchev–Trinajstić information content (AvgIpc) is 2.54. The quantitative estimate of drug-likeness (QED) is 0.699. The number of aromatic nitrogens is 1. The number of H-pyrrole nitrogens is 1. The lowest BCUT2D eigenvalue weighted by Gasteiger charge is -2.10. The topological polar surface area (TPSA) is 59.2 Å². The predicted octanol–water partition coefficient (Wildman–Crippen LogP) is 2.44. The van der Waals surface area contributed by atoms with Crippen LogP contribution in [-0.2, 0) is 9.53 Å². The highest BCUT2D eigenvalue weighted by Gasteiger charge is 2.17. The molecule has 0 radical (unpaired) electrons. The van der Waals surface area contributed by atoms with Crippen molar-refractivity contribution in [3.05, 3.63) is 69.6 Å². The maximum Gasteiger partial charge on any atom is 0.314 e. The van der Waals surface area contributed by atoms with Gasteiger partial charge in [0, 0.05) is 11.3 Å². The van der Waals surface area contributed by atoms with Crippen LogP contribution in [0.15, 0.2) is 47.3 Å². The van der Waals surface area contributed by atoms with Crippen molar-refractivity contribution >= 4 is 5.97 Å². The molecule has 1 atom stereocenters. The van der Waals surface area contributed by atoms with E-state index in [0.29, 0.717) is 17.9 Å². The molecule has 112 valence electrons. The minimum Gasteiger partial charge on any atom is -0.465 e. The lowest BCUT2D eigenvalue weighted by atomic mass is 10.1. The SMILES string of the molecule is CCOC(=O)C(C)c1ccc(C#Cc2ccccc2)c(=O)[nH]1. The summed E-state index contributed by atoms with van der Waals surface area (Å²) in [6, 6.07) is 12.7. The van der Waals surface area contributed by atoms with Gasteiger partial charge < -0.3 is 9.72 Å². The molecule has 2 aromatic rings. The monoisotopic (exact) mass is 295 g/mol. The van der Waals surface area contributed by atoms with Gasteiger partial charge in [0.15, 0.2) is 0 Å². The Morgan fingerprint density at radius 2 is 1.91 bits per heavy atom. The van der Waals surface area contributed by atoms with E-state index >= 15 is 0 Å². The van der Waals surface area contributed by atoms with Crippen LogP contribution in [0.4, 0.5) is 0 Å². The van der Waals surface area contributed by atoms with Crippen LogP contribution in [0.2, 0.25) is 0 Å². The fourth-order valence-electron chi connectivity index (χ4n) is 1.90. The van der Waals surface area contributed by atoms with Crippen molar-refractivity contribution in [3.8, 4) is 11.8 Å². The number of rotatable bonds is 3. The van der Waals surface area contributed by atoms with Crippen LogP contribution in [0.3, 0.4) is 0 Å². The van der Waals surface area contributed by atoms with Gasteiger partial charge in [-0.25, -0.2) is 0 Å². The first-order valence-electron chi connectivity index (χ1n) is 7.08. The molecule has 0 aliphatic heterocycles. The molecule has 0 saturated heterocycles. The van der Waals surface area contributed by atoms with E-state index in [1.807, 2.05) is 30.3 Å². The van der Waals surface area contributed by atoms with Gasteiger partial charge in [0.25, 0.3) is 5.56 Å². The summed E-state index contributed by atoms with van der Waals surface area (Å²) < 4.78 is 4.94. The van der Waals surface area contributed by atoms with Gasteiger partial charge in [0.2, 0.25) is 0 Å². The van der Waals surface area contributed by atoms with Gasteiger partial charge in [0.1, 0.15) is 0 Å². The fourth-order valence-corrected chi connectivity index (χ4v) is 1.90. The van der Waals surface area contributed by atoms with Gasteiger partial charge in [-0.2, -0.15) is 0 Å². The highest BCUT2D eigenvalue weighted by atomic mass is 16.5. The second-order valence-corrected chi connectivity index (χ2v) is 4.75. The number of benzene rings is 1. The van der Waals surface area contributed by atoms with Crippen LogP contribution in [0.1, 0.15) is 36.6 Å². The summed E-state index contributed by atoms with van der Waals surface area (Å²) >= 11 is 0.